The number of terminal acetylenes is 1. The van der Waals surface area contributed by atoms with Crippen molar-refractivity contribution in [3.05, 3.63) is 45.2 Å². The van der Waals surface area contributed by atoms with Gasteiger partial charge in [0.05, 0.1) is 18.6 Å². The first-order valence-corrected chi connectivity index (χ1v) is 13.7. The number of aromatic hydroxyl groups is 1. The normalized spacial score (nSPS) is 20.0. The Morgan fingerprint density at radius 3 is 2.71 bits per heavy atom. The van der Waals surface area contributed by atoms with Crippen molar-refractivity contribution in [2.45, 2.75) is 72.2 Å². The van der Waals surface area contributed by atoms with Crippen molar-refractivity contribution < 1.29 is 47.6 Å². The number of amides is 1. The largest absolute Gasteiger partial charge is 0.506 e. The maximum atomic E-state index is 12.6. The summed E-state index contributed by atoms with van der Waals surface area (Å²) in [7, 11) is 0. The fraction of sp³-hybridized carbons (Fsp3) is 0.500. The van der Waals surface area contributed by atoms with E-state index in [0.29, 0.717) is 37.2 Å². The topological polar surface area (TPSA) is 152 Å². The molecule has 0 saturated carbocycles. The van der Waals surface area contributed by atoms with Gasteiger partial charge in [-0.05, 0) is 50.7 Å². The van der Waals surface area contributed by atoms with E-state index in [-0.39, 0.29) is 41.1 Å². The quantitative estimate of drug-likeness (QED) is 0.140. The molecule has 12 heteroatoms. The van der Waals surface area contributed by atoms with E-state index in [1.54, 1.807) is 19.9 Å². The average Bonchev–Trinajstić information content (AvgIpc) is 2.93. The van der Waals surface area contributed by atoms with Gasteiger partial charge in [-0.15, -0.1) is 6.42 Å². The van der Waals surface area contributed by atoms with Gasteiger partial charge in [0.15, 0.2) is 29.5 Å². The number of esters is 1. The second-order valence-corrected chi connectivity index (χ2v) is 10.7. The molecule has 1 aromatic carbocycles. The Balaban J connectivity index is 1.72. The lowest BCUT2D eigenvalue weighted by atomic mass is 9.78. The lowest BCUT2D eigenvalue weighted by Crippen LogP contribution is -2.38. The zero-order valence-electron chi connectivity index (χ0n) is 24.1. The number of benzene rings is 1. The van der Waals surface area contributed by atoms with Gasteiger partial charge >= 0.3 is 17.7 Å². The summed E-state index contributed by atoms with van der Waals surface area (Å²) in [6.07, 6.45) is 6.29. The summed E-state index contributed by atoms with van der Waals surface area (Å²) < 4.78 is 34.5. The molecule has 2 aromatic rings. The van der Waals surface area contributed by atoms with E-state index in [0.717, 1.165) is 12.8 Å². The smallest absolute Gasteiger partial charge is 0.436 e. The van der Waals surface area contributed by atoms with Crippen LogP contribution in [0.4, 0.5) is 4.79 Å². The van der Waals surface area contributed by atoms with Gasteiger partial charge in [0.2, 0.25) is 0 Å². The molecular formula is C30H35NO11. The minimum Gasteiger partial charge on any atom is -0.506 e. The molecule has 1 saturated heterocycles. The van der Waals surface area contributed by atoms with Crippen molar-refractivity contribution in [1.82, 2.24) is 5.48 Å². The van der Waals surface area contributed by atoms with Gasteiger partial charge in [-0.2, -0.15) is 5.48 Å². The Kier molecular flexibility index (Phi) is 9.65. The Morgan fingerprint density at radius 2 is 2.02 bits per heavy atom. The second kappa shape index (κ2) is 13.2. The molecule has 2 heterocycles. The highest BCUT2D eigenvalue weighted by atomic mass is 16.7. The standard InChI is InChI=1S/C30H35NO11/c1-6-13-38-31-29(35)40-21-16-30(4,5)15-20(26(21)41-22-10-8-9-14-37-22)39-19-12-11-18-24(32)23(27(33)36-7-2)28(34)42-25(18)17(19)3/h1,11-12,20,22,32H,7-10,13-16H2,2-5H3,(H,31,35)/t20-,22?/m0/s1. The summed E-state index contributed by atoms with van der Waals surface area (Å²) in [6.45, 7) is 7.64. The molecule has 0 bridgehead atoms. The average molecular weight is 586 g/mol. The van der Waals surface area contributed by atoms with E-state index < -0.39 is 41.4 Å². The van der Waals surface area contributed by atoms with E-state index >= 15 is 0 Å². The molecule has 1 amide bonds. The van der Waals surface area contributed by atoms with Gasteiger partial charge in [-0.25, -0.2) is 14.4 Å². The van der Waals surface area contributed by atoms with Crippen LogP contribution in [0, 0.1) is 24.7 Å². The Bertz CT molecular complexity index is 1460. The van der Waals surface area contributed by atoms with Crippen molar-refractivity contribution in [2.75, 3.05) is 19.8 Å². The molecule has 12 nitrogen and oxygen atoms in total. The number of fused-ring (bicyclic) bond motifs is 1. The van der Waals surface area contributed by atoms with Crippen molar-refractivity contribution >= 4 is 23.0 Å². The Morgan fingerprint density at radius 1 is 1.24 bits per heavy atom. The van der Waals surface area contributed by atoms with Crippen molar-refractivity contribution in [2.24, 2.45) is 5.41 Å². The highest BCUT2D eigenvalue weighted by Gasteiger charge is 2.40. The molecule has 2 atom stereocenters. The predicted molar refractivity (Wildman–Crippen MR) is 148 cm³/mol. The van der Waals surface area contributed by atoms with Crippen LogP contribution in [0.2, 0.25) is 0 Å². The summed E-state index contributed by atoms with van der Waals surface area (Å²) in [6, 6.07) is 3.07. The van der Waals surface area contributed by atoms with E-state index in [9.17, 15) is 19.5 Å². The number of carbonyl (C=O) groups is 2. The first kappa shape index (κ1) is 30.7. The van der Waals surface area contributed by atoms with Gasteiger partial charge in [0.25, 0.3) is 0 Å². The fourth-order valence-electron chi connectivity index (χ4n) is 4.94. The maximum absolute atomic E-state index is 12.6. The molecule has 4 rings (SSSR count). The SMILES string of the molecule is C#CCONC(=O)OC1=C(OC2CCCCO2)[C@@H](Oc2ccc3c(O)c(C(=O)OCC)c(=O)oc3c2C)CC(C)(C)C1. The highest BCUT2D eigenvalue weighted by molar-refractivity contribution is 5.99. The summed E-state index contributed by atoms with van der Waals surface area (Å²) in [5.74, 6) is 1.58. The zero-order valence-corrected chi connectivity index (χ0v) is 24.1. The molecular weight excluding hydrogens is 550 g/mol. The van der Waals surface area contributed by atoms with Crippen LogP contribution in [-0.2, 0) is 23.8 Å². The van der Waals surface area contributed by atoms with Crippen molar-refractivity contribution in [3.63, 3.8) is 0 Å². The molecule has 1 unspecified atom stereocenters. The van der Waals surface area contributed by atoms with Crippen LogP contribution >= 0.6 is 0 Å². The molecule has 2 N–H and O–H groups in total. The van der Waals surface area contributed by atoms with E-state index in [1.807, 2.05) is 13.8 Å². The van der Waals surface area contributed by atoms with Gasteiger partial charge < -0.3 is 33.2 Å². The van der Waals surface area contributed by atoms with Crippen LogP contribution in [0.5, 0.6) is 11.5 Å². The second-order valence-electron chi connectivity index (χ2n) is 10.7. The van der Waals surface area contributed by atoms with Gasteiger partial charge in [0.1, 0.15) is 23.7 Å². The monoisotopic (exact) mass is 585 g/mol. The Labute approximate surface area is 242 Å². The minimum atomic E-state index is -1.04. The van der Waals surface area contributed by atoms with Gasteiger partial charge in [0, 0.05) is 18.4 Å². The number of hydrogen-bond donors (Lipinski definition) is 2. The summed E-state index contributed by atoms with van der Waals surface area (Å²) in [5, 5.41) is 10.9. The van der Waals surface area contributed by atoms with Crippen LogP contribution in [0.25, 0.3) is 11.0 Å². The number of hydroxylamine groups is 1. The number of allylic oxidation sites excluding steroid dienone is 1. The lowest BCUT2D eigenvalue weighted by Gasteiger charge is -2.38. The highest BCUT2D eigenvalue weighted by Crippen LogP contribution is 2.43. The third-order valence-corrected chi connectivity index (χ3v) is 6.86. The van der Waals surface area contributed by atoms with Crippen LogP contribution in [-0.4, -0.2) is 49.4 Å². The molecule has 1 aliphatic carbocycles. The van der Waals surface area contributed by atoms with Crippen LogP contribution in [0.3, 0.4) is 0 Å². The van der Waals surface area contributed by atoms with Crippen molar-refractivity contribution in [3.8, 4) is 23.8 Å². The molecule has 1 aliphatic heterocycles. The van der Waals surface area contributed by atoms with Crippen LogP contribution in [0.15, 0.2) is 32.9 Å². The third-order valence-electron chi connectivity index (χ3n) is 6.86. The number of ether oxygens (including phenoxy) is 5. The zero-order chi connectivity index (χ0) is 30.4. The summed E-state index contributed by atoms with van der Waals surface area (Å²) in [5.41, 5.74) is 0.583. The van der Waals surface area contributed by atoms with E-state index in [2.05, 4.69) is 11.4 Å². The number of carbonyl (C=O) groups excluding carboxylic acids is 2. The minimum absolute atomic E-state index is 0.0222. The molecule has 2 aliphatic rings. The number of nitrogens with one attached hydrogen (secondary N) is 1. The number of rotatable bonds is 9. The van der Waals surface area contributed by atoms with Crippen molar-refractivity contribution in [1.29, 1.82) is 0 Å². The third kappa shape index (κ3) is 6.98. The summed E-state index contributed by atoms with van der Waals surface area (Å²) >= 11 is 0. The van der Waals surface area contributed by atoms with Gasteiger partial charge in [-0.3, -0.25) is 4.84 Å². The number of aryl methyl sites for hydroxylation is 1. The molecule has 0 spiro atoms. The molecule has 1 aromatic heterocycles. The Hall–Kier alpha value is -4.21. The lowest BCUT2D eigenvalue weighted by molar-refractivity contribution is -0.153. The number of hydrogen-bond acceptors (Lipinski definition) is 11. The first-order chi connectivity index (χ1) is 20.0. The van der Waals surface area contributed by atoms with Crippen LogP contribution in [0.1, 0.15) is 68.8 Å². The summed E-state index contributed by atoms with van der Waals surface area (Å²) in [4.78, 5) is 42.3. The van der Waals surface area contributed by atoms with E-state index in [1.165, 1.54) is 6.07 Å². The van der Waals surface area contributed by atoms with Crippen LogP contribution < -0.4 is 15.8 Å². The fourth-order valence-corrected chi connectivity index (χ4v) is 4.94. The molecule has 42 heavy (non-hydrogen) atoms. The predicted octanol–water partition coefficient (Wildman–Crippen LogP) is 4.60. The first-order valence-electron chi connectivity index (χ1n) is 13.7. The van der Waals surface area contributed by atoms with Gasteiger partial charge in [-0.1, -0.05) is 19.8 Å². The molecule has 1 fully saturated rings. The van der Waals surface area contributed by atoms with E-state index in [4.69, 9.17) is 39.4 Å². The molecule has 226 valence electrons. The molecule has 0 radical (unpaired) electrons. The maximum Gasteiger partial charge on any atom is 0.436 e.